The Balaban J connectivity index is 2.49. The summed E-state index contributed by atoms with van der Waals surface area (Å²) in [5, 5.41) is 0. The quantitative estimate of drug-likeness (QED) is 0.514. The van der Waals surface area contributed by atoms with Gasteiger partial charge in [-0.2, -0.15) is 13.2 Å². The number of alkyl halides is 3. The van der Waals surface area contributed by atoms with Gasteiger partial charge in [0.1, 0.15) is 6.04 Å². The number of amidine groups is 1. The molecule has 1 aromatic carbocycles. The highest BCUT2D eigenvalue weighted by Crippen LogP contribution is 2.56. The van der Waals surface area contributed by atoms with Crippen molar-refractivity contribution in [2.24, 2.45) is 4.99 Å². The molecule has 0 aromatic heterocycles. The normalized spacial score (nSPS) is 20.3. The topological polar surface area (TPSA) is 98.2 Å². The van der Waals surface area contributed by atoms with Crippen LogP contribution in [0.25, 0.3) is 0 Å². The number of carbonyl (C=O) groups excluding carboxylic acids is 1. The van der Waals surface area contributed by atoms with Crippen molar-refractivity contribution in [2.45, 2.75) is 31.8 Å². The van der Waals surface area contributed by atoms with Gasteiger partial charge in [0.05, 0.1) is 25.9 Å². The Morgan fingerprint density at radius 2 is 1.75 bits per heavy atom. The maximum Gasteiger partial charge on any atom is 0.416 e. The zero-order valence-electron chi connectivity index (χ0n) is 15.4. The van der Waals surface area contributed by atoms with Crippen LogP contribution in [0.4, 0.5) is 13.2 Å². The van der Waals surface area contributed by atoms with Crippen molar-refractivity contribution < 1.29 is 36.3 Å². The lowest BCUT2D eigenvalue weighted by atomic mass is 10.0. The summed E-state index contributed by atoms with van der Waals surface area (Å²) >= 11 is 0. The maximum atomic E-state index is 13.2. The molecule has 2 rings (SSSR count). The van der Waals surface area contributed by atoms with Crippen LogP contribution in [0.5, 0.6) is 0 Å². The van der Waals surface area contributed by atoms with Gasteiger partial charge in [-0.1, -0.05) is 12.1 Å². The molecule has 0 saturated carbocycles. The first kappa shape index (κ1) is 22.4. The van der Waals surface area contributed by atoms with E-state index in [0.717, 1.165) is 19.2 Å². The van der Waals surface area contributed by atoms with Crippen LogP contribution >= 0.6 is 7.60 Å². The molecule has 0 fully saturated rings. The molecule has 2 N–H and O–H groups in total. The van der Waals surface area contributed by atoms with Gasteiger partial charge in [0, 0.05) is 0 Å². The molecule has 12 heteroatoms. The van der Waals surface area contributed by atoms with Crippen molar-refractivity contribution >= 4 is 19.4 Å². The Hall–Kier alpha value is -1.94. The van der Waals surface area contributed by atoms with Gasteiger partial charge in [-0.25, -0.2) is 10.2 Å². The molecule has 0 bridgehead atoms. The summed E-state index contributed by atoms with van der Waals surface area (Å²) in [4.78, 5) is 16.0. The third-order valence-corrected chi connectivity index (χ3v) is 6.15. The van der Waals surface area contributed by atoms with Crippen LogP contribution in [0.15, 0.2) is 29.3 Å². The second-order valence-electron chi connectivity index (χ2n) is 5.62. The minimum atomic E-state index is -4.50. The first-order chi connectivity index (χ1) is 13.2. The molecule has 0 spiro atoms. The summed E-state index contributed by atoms with van der Waals surface area (Å²) in [6.45, 7) is 3.39. The number of benzene rings is 1. The highest BCUT2D eigenvalue weighted by Gasteiger charge is 2.45. The van der Waals surface area contributed by atoms with E-state index in [1.165, 1.54) is 12.1 Å². The number of nitrogens with one attached hydrogen (secondary N) is 2. The molecule has 1 aliphatic rings. The average molecular weight is 423 g/mol. The summed E-state index contributed by atoms with van der Waals surface area (Å²) in [5.41, 5.74) is 4.60. The summed E-state index contributed by atoms with van der Waals surface area (Å²) in [5.74, 6) is -2.11. The second-order valence-corrected chi connectivity index (χ2v) is 7.78. The zero-order chi connectivity index (χ0) is 20.9. The zero-order valence-corrected chi connectivity index (χ0v) is 16.3. The van der Waals surface area contributed by atoms with Gasteiger partial charge in [-0.3, -0.25) is 15.0 Å². The standard InChI is InChI=1S/C16H21F3N3O5P/c1-4-26-28(24,27-5-2)14-12(20-13(21-22-14)15(23)25-3)10-6-8-11(9-7-10)16(17,18)19/h6-9,12,14,22H,4-5H2,1-3H3,(H,20,21)/t12-,14-/m0/s1. The molecule has 0 radical (unpaired) electrons. The second kappa shape index (κ2) is 9.04. The Morgan fingerprint density at radius 1 is 1.18 bits per heavy atom. The first-order valence-electron chi connectivity index (χ1n) is 8.39. The van der Waals surface area contributed by atoms with Crippen LogP contribution in [0.2, 0.25) is 0 Å². The summed E-state index contributed by atoms with van der Waals surface area (Å²) in [6, 6.07) is 3.14. The van der Waals surface area contributed by atoms with Gasteiger partial charge in [-0.05, 0) is 31.5 Å². The number of ether oxygens (including phenoxy) is 1. The highest BCUT2D eigenvalue weighted by molar-refractivity contribution is 7.54. The van der Waals surface area contributed by atoms with Crippen LogP contribution in [0, 0.1) is 0 Å². The number of nitrogens with zero attached hydrogens (tertiary/aromatic N) is 1. The van der Waals surface area contributed by atoms with Gasteiger partial charge in [-0.15, -0.1) is 0 Å². The molecule has 1 aliphatic heterocycles. The van der Waals surface area contributed by atoms with Gasteiger partial charge in [0.2, 0.25) is 5.84 Å². The van der Waals surface area contributed by atoms with Crippen molar-refractivity contribution in [1.29, 1.82) is 0 Å². The van der Waals surface area contributed by atoms with E-state index < -0.39 is 37.1 Å². The van der Waals surface area contributed by atoms with Crippen LogP contribution in [-0.4, -0.2) is 37.9 Å². The van der Waals surface area contributed by atoms with E-state index in [2.05, 4.69) is 20.6 Å². The monoisotopic (exact) mass is 423 g/mol. The van der Waals surface area contributed by atoms with Crippen LogP contribution in [-0.2, 0) is 29.3 Å². The van der Waals surface area contributed by atoms with Crippen LogP contribution < -0.4 is 10.9 Å². The number of aliphatic imine (C=N–C) groups is 1. The fourth-order valence-electron chi connectivity index (χ4n) is 2.60. The van der Waals surface area contributed by atoms with E-state index in [1.807, 2.05) is 0 Å². The predicted molar refractivity (Wildman–Crippen MR) is 94.6 cm³/mol. The molecule has 1 heterocycles. The van der Waals surface area contributed by atoms with E-state index in [4.69, 9.17) is 9.05 Å². The van der Waals surface area contributed by atoms with E-state index in [1.54, 1.807) is 13.8 Å². The number of methoxy groups -OCH3 is 1. The van der Waals surface area contributed by atoms with Crippen LogP contribution in [0.1, 0.15) is 31.0 Å². The molecule has 2 atom stereocenters. The Kier molecular flexibility index (Phi) is 7.22. The van der Waals surface area contributed by atoms with Crippen molar-refractivity contribution in [3.05, 3.63) is 35.4 Å². The molecule has 28 heavy (non-hydrogen) atoms. The van der Waals surface area contributed by atoms with E-state index in [9.17, 15) is 22.5 Å². The van der Waals surface area contributed by atoms with E-state index >= 15 is 0 Å². The lowest BCUT2D eigenvalue weighted by molar-refractivity contribution is -0.137. The third-order valence-electron chi connectivity index (χ3n) is 3.82. The van der Waals surface area contributed by atoms with Crippen molar-refractivity contribution in [3.63, 3.8) is 0 Å². The number of esters is 1. The number of hydrazine groups is 1. The fourth-order valence-corrected chi connectivity index (χ4v) is 4.52. The molecular formula is C16H21F3N3O5P. The summed E-state index contributed by atoms with van der Waals surface area (Å²) in [7, 11) is -2.63. The van der Waals surface area contributed by atoms with Crippen LogP contribution in [0.3, 0.4) is 0 Å². The van der Waals surface area contributed by atoms with E-state index in [0.29, 0.717) is 0 Å². The largest absolute Gasteiger partial charge is 0.463 e. The van der Waals surface area contributed by atoms with Crippen molar-refractivity contribution in [3.8, 4) is 0 Å². The van der Waals surface area contributed by atoms with E-state index in [-0.39, 0.29) is 24.6 Å². The Labute approximate surface area is 160 Å². The minimum Gasteiger partial charge on any atom is -0.463 e. The smallest absolute Gasteiger partial charge is 0.416 e. The molecule has 0 aliphatic carbocycles. The SMILES string of the molecule is CCOP(=O)(OCC)[C@@H]1NNC(C(=O)OC)=N[C@H]1c1ccc(C(F)(F)F)cc1. The number of hydrogen-bond acceptors (Lipinski definition) is 8. The first-order valence-corrected chi connectivity index (χ1v) is 10.0. The number of halogens is 3. The Bertz CT molecular complexity index is 760. The van der Waals surface area contributed by atoms with Gasteiger partial charge in [0.25, 0.3) is 0 Å². The minimum absolute atomic E-state index is 0.0722. The van der Waals surface area contributed by atoms with Crippen molar-refractivity contribution in [2.75, 3.05) is 20.3 Å². The summed E-state index contributed by atoms with van der Waals surface area (Å²) in [6.07, 6.45) is -4.50. The van der Waals surface area contributed by atoms with Crippen molar-refractivity contribution in [1.82, 2.24) is 10.9 Å². The predicted octanol–water partition coefficient (Wildman–Crippen LogP) is 3.02. The average Bonchev–Trinajstić information content (AvgIpc) is 2.66. The van der Waals surface area contributed by atoms with Gasteiger partial charge in [0.15, 0.2) is 5.78 Å². The molecule has 0 amide bonds. The molecular weight excluding hydrogens is 402 g/mol. The molecule has 0 saturated heterocycles. The number of rotatable bonds is 7. The highest BCUT2D eigenvalue weighted by atomic mass is 31.2. The molecule has 0 unspecified atom stereocenters. The molecule has 8 nitrogen and oxygen atoms in total. The molecule has 156 valence electrons. The van der Waals surface area contributed by atoms with Gasteiger partial charge < -0.3 is 13.8 Å². The lowest BCUT2D eigenvalue weighted by Gasteiger charge is -2.35. The number of carbonyl (C=O) groups is 1. The lowest BCUT2D eigenvalue weighted by Crippen LogP contribution is -2.53. The fraction of sp³-hybridized carbons (Fsp3) is 0.500. The maximum absolute atomic E-state index is 13.2. The molecule has 1 aromatic rings. The van der Waals surface area contributed by atoms with Gasteiger partial charge >= 0.3 is 19.7 Å². The number of hydrogen-bond donors (Lipinski definition) is 2. The third kappa shape index (κ3) is 4.91. The Morgan fingerprint density at radius 3 is 2.21 bits per heavy atom. The summed E-state index contributed by atoms with van der Waals surface area (Å²) < 4.78 is 67.0.